The summed E-state index contributed by atoms with van der Waals surface area (Å²) in [6.07, 6.45) is 13.5. The van der Waals surface area contributed by atoms with Crippen molar-refractivity contribution in [1.82, 2.24) is 9.29 Å². The van der Waals surface area contributed by atoms with Crippen LogP contribution in [-0.2, 0) is 10.0 Å². The van der Waals surface area contributed by atoms with Crippen molar-refractivity contribution in [2.24, 2.45) is 23.7 Å². The molecule has 6 heteroatoms. The summed E-state index contributed by atoms with van der Waals surface area (Å²) in [6, 6.07) is 10.5. The van der Waals surface area contributed by atoms with E-state index in [1.807, 2.05) is 18.2 Å². The average molecular weight is 443 g/mol. The van der Waals surface area contributed by atoms with E-state index in [-0.39, 0.29) is 5.82 Å². The Kier molecular flexibility index (Phi) is 6.58. The van der Waals surface area contributed by atoms with Crippen LogP contribution in [0.25, 0.3) is 17.2 Å². The van der Waals surface area contributed by atoms with Crippen LogP contribution in [0.15, 0.2) is 48.7 Å². The number of pyridine rings is 1. The summed E-state index contributed by atoms with van der Waals surface area (Å²) in [7, 11) is -1.49. The van der Waals surface area contributed by atoms with Crippen molar-refractivity contribution in [3.63, 3.8) is 0 Å². The van der Waals surface area contributed by atoms with Gasteiger partial charge >= 0.3 is 0 Å². The Bertz CT molecular complexity index is 1040. The molecule has 0 saturated heterocycles. The van der Waals surface area contributed by atoms with Crippen LogP contribution in [0.2, 0.25) is 0 Å². The lowest BCUT2D eigenvalue weighted by molar-refractivity contribution is 0.244. The summed E-state index contributed by atoms with van der Waals surface area (Å²) in [6.45, 7) is 0.576. The van der Waals surface area contributed by atoms with E-state index in [2.05, 4.69) is 17.1 Å². The highest BCUT2D eigenvalue weighted by Crippen LogP contribution is 2.50. The number of aromatic nitrogens is 1. The Hall–Kier alpha value is -2.05. The normalized spacial score (nSPS) is 26.5. The zero-order valence-electron chi connectivity index (χ0n) is 18.2. The van der Waals surface area contributed by atoms with Gasteiger partial charge in [-0.2, -0.15) is 0 Å². The predicted molar refractivity (Wildman–Crippen MR) is 123 cm³/mol. The Labute approximate surface area is 185 Å². The molecule has 0 bridgehead atoms. The van der Waals surface area contributed by atoms with Gasteiger partial charge in [0.2, 0.25) is 10.0 Å². The molecule has 0 N–H and O–H groups in total. The molecule has 2 aliphatic carbocycles. The number of halogens is 1. The van der Waals surface area contributed by atoms with Crippen molar-refractivity contribution in [2.45, 2.75) is 32.1 Å². The quantitative estimate of drug-likeness (QED) is 0.615. The number of sulfonamides is 1. The molecule has 0 aliphatic heterocycles. The minimum absolute atomic E-state index is 0.255. The van der Waals surface area contributed by atoms with E-state index in [1.165, 1.54) is 48.4 Å². The number of hydrogen-bond donors (Lipinski definition) is 0. The van der Waals surface area contributed by atoms with E-state index in [4.69, 9.17) is 0 Å². The molecule has 1 heterocycles. The maximum atomic E-state index is 13.5. The average Bonchev–Trinajstić information content (AvgIpc) is 3.09. The predicted octanol–water partition coefficient (Wildman–Crippen LogP) is 5.23. The second-order valence-electron chi connectivity index (χ2n) is 9.17. The lowest BCUT2D eigenvalue weighted by Gasteiger charge is -2.29. The summed E-state index contributed by atoms with van der Waals surface area (Å²) in [5.74, 6) is 1.80. The summed E-state index contributed by atoms with van der Waals surface area (Å²) in [5, 5.41) is 0. The van der Waals surface area contributed by atoms with Crippen molar-refractivity contribution in [3.05, 3.63) is 60.2 Å². The molecule has 166 valence electrons. The topological polar surface area (TPSA) is 50.3 Å². The van der Waals surface area contributed by atoms with Crippen LogP contribution in [0.5, 0.6) is 0 Å². The molecular weight excluding hydrogens is 411 g/mol. The minimum Gasteiger partial charge on any atom is -0.256 e. The van der Waals surface area contributed by atoms with Crippen LogP contribution in [-0.4, -0.2) is 37.6 Å². The molecule has 4 atom stereocenters. The molecule has 2 fully saturated rings. The number of rotatable bonds is 6. The van der Waals surface area contributed by atoms with Crippen molar-refractivity contribution < 1.29 is 12.8 Å². The molecule has 0 unspecified atom stereocenters. The highest BCUT2D eigenvalue weighted by atomic mass is 32.2. The van der Waals surface area contributed by atoms with Gasteiger partial charge in [-0.15, -0.1) is 0 Å². The third-order valence-electron chi connectivity index (χ3n) is 7.10. The molecule has 0 radical (unpaired) electrons. The maximum absolute atomic E-state index is 13.5. The van der Waals surface area contributed by atoms with Gasteiger partial charge in [-0.1, -0.05) is 43.5 Å². The van der Waals surface area contributed by atoms with Gasteiger partial charge in [0, 0.05) is 25.4 Å². The maximum Gasteiger partial charge on any atom is 0.210 e. The SMILES string of the molecule is CN(C[C@H]1C[C@H]2CCCC[C@H]2[C@@H]1/C=C/c1ccc(-c2cccc(F)c2)cn1)S(C)(=O)=O. The molecule has 4 nitrogen and oxygen atoms in total. The fraction of sp³-hybridized carbons (Fsp3) is 0.480. The first-order valence-corrected chi connectivity index (χ1v) is 13.0. The third kappa shape index (κ3) is 5.24. The zero-order chi connectivity index (χ0) is 22.0. The van der Waals surface area contributed by atoms with Gasteiger partial charge in [0.25, 0.3) is 0 Å². The Morgan fingerprint density at radius 1 is 1.16 bits per heavy atom. The van der Waals surface area contributed by atoms with Crippen molar-refractivity contribution in [1.29, 1.82) is 0 Å². The van der Waals surface area contributed by atoms with Crippen LogP contribution in [0.4, 0.5) is 4.39 Å². The number of allylic oxidation sites excluding steroid dienone is 1. The number of benzene rings is 1. The minimum atomic E-state index is -3.18. The van der Waals surface area contributed by atoms with Gasteiger partial charge in [0.05, 0.1) is 11.9 Å². The molecule has 2 saturated carbocycles. The summed E-state index contributed by atoms with van der Waals surface area (Å²) >= 11 is 0. The summed E-state index contributed by atoms with van der Waals surface area (Å²) in [5.41, 5.74) is 2.57. The highest BCUT2D eigenvalue weighted by Gasteiger charge is 2.43. The van der Waals surface area contributed by atoms with Crippen LogP contribution in [0.1, 0.15) is 37.8 Å². The van der Waals surface area contributed by atoms with Gasteiger partial charge in [-0.25, -0.2) is 17.1 Å². The smallest absolute Gasteiger partial charge is 0.210 e. The van der Waals surface area contributed by atoms with Gasteiger partial charge < -0.3 is 0 Å². The van der Waals surface area contributed by atoms with Crippen LogP contribution in [0.3, 0.4) is 0 Å². The van der Waals surface area contributed by atoms with E-state index in [0.29, 0.717) is 30.2 Å². The molecule has 1 aromatic carbocycles. The summed E-state index contributed by atoms with van der Waals surface area (Å²) < 4.78 is 38.9. The van der Waals surface area contributed by atoms with E-state index in [1.54, 1.807) is 19.3 Å². The first-order chi connectivity index (χ1) is 14.8. The number of hydrogen-bond acceptors (Lipinski definition) is 3. The Morgan fingerprint density at radius 2 is 1.97 bits per heavy atom. The van der Waals surface area contributed by atoms with E-state index in [9.17, 15) is 12.8 Å². The van der Waals surface area contributed by atoms with E-state index < -0.39 is 10.0 Å². The third-order valence-corrected chi connectivity index (χ3v) is 8.38. The van der Waals surface area contributed by atoms with Crippen molar-refractivity contribution in [2.75, 3.05) is 19.8 Å². The zero-order valence-corrected chi connectivity index (χ0v) is 19.1. The molecule has 4 rings (SSSR count). The van der Waals surface area contributed by atoms with Crippen LogP contribution in [0, 0.1) is 29.5 Å². The highest BCUT2D eigenvalue weighted by molar-refractivity contribution is 7.88. The largest absolute Gasteiger partial charge is 0.256 e. The second-order valence-corrected chi connectivity index (χ2v) is 11.3. The molecule has 0 spiro atoms. The van der Waals surface area contributed by atoms with Crippen molar-refractivity contribution in [3.8, 4) is 11.1 Å². The standard InChI is InChI=1S/C25H31FN2O2S/c1-28(31(2,29)30)17-21-14-19-6-3-4-9-24(19)25(21)13-12-23-11-10-20(16-27-23)18-7-5-8-22(26)15-18/h5,7-8,10-13,15-16,19,21,24-25H,3-4,6,9,14,17H2,1-2H3/b13-12+/t19-,21-,24-,25-/m1/s1. The molecular formula is C25H31FN2O2S. The molecule has 1 aromatic heterocycles. The number of fused-ring (bicyclic) bond motifs is 1. The lowest BCUT2D eigenvalue weighted by atomic mass is 9.77. The summed E-state index contributed by atoms with van der Waals surface area (Å²) in [4.78, 5) is 4.56. The van der Waals surface area contributed by atoms with Crippen LogP contribution < -0.4 is 0 Å². The second kappa shape index (κ2) is 9.21. The number of nitrogens with zero attached hydrogens (tertiary/aromatic N) is 2. The van der Waals surface area contributed by atoms with Crippen molar-refractivity contribution >= 4 is 16.1 Å². The first-order valence-electron chi connectivity index (χ1n) is 11.1. The monoisotopic (exact) mass is 442 g/mol. The Balaban J connectivity index is 1.51. The molecule has 2 aliphatic rings. The van der Waals surface area contributed by atoms with Gasteiger partial charge in [0.15, 0.2) is 0 Å². The first kappa shape index (κ1) is 22.2. The fourth-order valence-electron chi connectivity index (χ4n) is 5.45. The molecule has 2 aromatic rings. The van der Waals surface area contributed by atoms with Gasteiger partial charge in [-0.05, 0) is 66.4 Å². The van der Waals surface area contributed by atoms with E-state index in [0.717, 1.165) is 23.2 Å². The molecule has 0 amide bonds. The Morgan fingerprint density at radius 3 is 2.68 bits per heavy atom. The van der Waals surface area contributed by atoms with Crippen LogP contribution >= 0.6 is 0 Å². The lowest BCUT2D eigenvalue weighted by Crippen LogP contribution is -2.32. The van der Waals surface area contributed by atoms with E-state index >= 15 is 0 Å². The molecule has 31 heavy (non-hydrogen) atoms. The van der Waals surface area contributed by atoms with Gasteiger partial charge in [-0.3, -0.25) is 4.98 Å². The fourth-order valence-corrected chi connectivity index (χ4v) is 5.91. The van der Waals surface area contributed by atoms with Gasteiger partial charge in [0.1, 0.15) is 5.82 Å².